The molecule has 0 fully saturated rings. The molecule has 0 atom stereocenters. The summed E-state index contributed by atoms with van der Waals surface area (Å²) in [6.45, 7) is 1.88. The molecule has 8 aromatic rings. The molecule has 0 saturated heterocycles. The number of hydrogen-bond donors (Lipinski definition) is 0. The first-order chi connectivity index (χ1) is 24.5. The van der Waals surface area contributed by atoms with E-state index in [1.165, 1.54) is 0 Å². The molecule has 2 nitrogen and oxygen atoms in total. The minimum Gasteiger partial charge on any atom is -0.293 e. The molecule has 18 radical (unpaired) electrons. The van der Waals surface area contributed by atoms with Gasteiger partial charge in [-0.1, -0.05) is 107 Å². The van der Waals surface area contributed by atoms with Gasteiger partial charge in [-0.3, -0.25) is 4.57 Å². The number of hydrogen-bond acceptors (Lipinski definition) is 1. The molecule has 0 amide bonds. The van der Waals surface area contributed by atoms with Crippen LogP contribution in [-0.2, 0) is 0 Å². The van der Waals surface area contributed by atoms with Crippen LogP contribution in [0.25, 0.3) is 71.9 Å². The summed E-state index contributed by atoms with van der Waals surface area (Å²) >= 11 is 0. The van der Waals surface area contributed by atoms with Crippen LogP contribution in [0.15, 0.2) is 97.1 Å². The van der Waals surface area contributed by atoms with Crippen molar-refractivity contribution in [3.63, 3.8) is 0 Å². The predicted octanol–water partition coefficient (Wildman–Crippen LogP) is -0.214. The Morgan fingerprint density at radius 3 is 1.41 bits per heavy atom. The molecule has 0 unspecified atom stereocenters. The van der Waals surface area contributed by atoms with Gasteiger partial charge in [-0.15, -0.1) is 27.3 Å². The molecule has 216 valence electrons. The van der Waals surface area contributed by atoms with Crippen LogP contribution in [0.3, 0.4) is 0 Å². The smallest absolute Gasteiger partial charge is 0.145 e. The largest absolute Gasteiger partial charge is 0.293 e. The van der Waals surface area contributed by atoms with E-state index in [0.717, 1.165) is 54.8 Å². The molecule has 51 heavy (non-hydrogen) atoms. The number of benzene rings is 7. The average Bonchev–Trinajstić information content (AvgIpc) is 3.54. The van der Waals surface area contributed by atoms with Crippen molar-refractivity contribution in [3.8, 4) is 39.3 Å². The van der Waals surface area contributed by atoms with Gasteiger partial charge in [0.05, 0.1) is 11.0 Å². The molecule has 8 rings (SSSR count). The average molecular weight is 625 g/mol. The Hall–Kier alpha value is -4.89. The lowest BCUT2D eigenvalue weighted by atomic mass is 9.59. The van der Waals surface area contributed by atoms with Gasteiger partial charge < -0.3 is 0 Å². The maximum atomic E-state index is 6.64. The molecule has 0 aliphatic heterocycles. The van der Waals surface area contributed by atoms with Crippen LogP contribution < -0.4 is 49.2 Å². The van der Waals surface area contributed by atoms with Gasteiger partial charge in [0.25, 0.3) is 0 Å². The van der Waals surface area contributed by atoms with Crippen molar-refractivity contribution in [2.24, 2.45) is 0 Å². The first-order valence-electron chi connectivity index (χ1n) is 16.3. The first kappa shape index (κ1) is 33.3. The van der Waals surface area contributed by atoms with Crippen molar-refractivity contribution in [1.29, 1.82) is 0 Å². The zero-order chi connectivity index (χ0) is 35.9. The molecule has 1 aromatic heterocycles. The van der Waals surface area contributed by atoms with E-state index in [0.29, 0.717) is 33.6 Å². The Morgan fingerprint density at radius 2 is 0.843 bits per heavy atom. The fraction of sp³-hybridized carbons (Fsp3) is 0.0250. The summed E-state index contributed by atoms with van der Waals surface area (Å²) in [5, 5.41) is 3.86. The summed E-state index contributed by atoms with van der Waals surface area (Å²) in [5.41, 5.74) is 9.67. The molecular formula is C40H19B9N2. The van der Waals surface area contributed by atoms with E-state index in [4.69, 9.17) is 75.6 Å². The van der Waals surface area contributed by atoms with Gasteiger partial charge in [-0.05, 0) is 68.4 Å². The lowest BCUT2D eigenvalue weighted by Gasteiger charge is -2.25. The maximum absolute atomic E-state index is 6.64. The predicted molar refractivity (Wildman–Crippen MR) is 226 cm³/mol. The Morgan fingerprint density at radius 1 is 0.412 bits per heavy atom. The van der Waals surface area contributed by atoms with Gasteiger partial charge in [-0.2, -0.15) is 0 Å². The standard InChI is InChI=1S/C40H19B9N2/c1-18-30(41)33(44)37(48)38(49)39(18)51-26-13-7-6-12-25(26)50-40(51)20-16-14-19(15-17-20)27-21-8-2-4-10-23(21)28(24-11-5-3-9-22(24)27)29-31(42)34(45)36(47)35(46)32(29)43/h2-17H,1H3. The quantitative estimate of drug-likeness (QED) is 0.196. The highest BCUT2D eigenvalue weighted by molar-refractivity contribution is 6.69. The number of para-hydroxylation sites is 2. The van der Waals surface area contributed by atoms with Crippen molar-refractivity contribution in [1.82, 2.24) is 9.55 Å². The summed E-state index contributed by atoms with van der Waals surface area (Å²) in [6, 6.07) is 32.4. The number of rotatable bonds is 4. The topological polar surface area (TPSA) is 17.8 Å². The summed E-state index contributed by atoms with van der Waals surface area (Å²) in [7, 11) is 57.8. The molecule has 0 spiro atoms. The van der Waals surface area contributed by atoms with Crippen LogP contribution in [0.1, 0.15) is 5.56 Å². The lowest BCUT2D eigenvalue weighted by Crippen LogP contribution is -2.55. The first-order valence-corrected chi connectivity index (χ1v) is 16.3. The van der Waals surface area contributed by atoms with Gasteiger partial charge >= 0.3 is 0 Å². The van der Waals surface area contributed by atoms with E-state index in [1.54, 1.807) is 0 Å². The van der Waals surface area contributed by atoms with Crippen molar-refractivity contribution in [3.05, 3.63) is 103 Å². The van der Waals surface area contributed by atoms with Crippen LogP contribution >= 0.6 is 0 Å². The van der Waals surface area contributed by atoms with Crippen molar-refractivity contribution >= 4 is 152 Å². The van der Waals surface area contributed by atoms with Crippen molar-refractivity contribution in [2.75, 3.05) is 0 Å². The van der Waals surface area contributed by atoms with Crippen LogP contribution in [0.4, 0.5) is 0 Å². The summed E-state index contributed by atoms with van der Waals surface area (Å²) < 4.78 is 2.00. The molecule has 7 aromatic carbocycles. The zero-order valence-electron chi connectivity index (χ0n) is 27.8. The second-order valence-corrected chi connectivity index (χ2v) is 12.7. The number of imidazole rings is 1. The van der Waals surface area contributed by atoms with Crippen LogP contribution in [0.2, 0.25) is 0 Å². The highest BCUT2D eigenvalue weighted by atomic mass is 15.1. The third-order valence-electron chi connectivity index (χ3n) is 9.98. The second-order valence-electron chi connectivity index (χ2n) is 12.7. The monoisotopic (exact) mass is 626 g/mol. The van der Waals surface area contributed by atoms with E-state index < -0.39 is 0 Å². The highest BCUT2D eigenvalue weighted by Gasteiger charge is 2.22. The molecule has 0 saturated carbocycles. The fourth-order valence-electron chi connectivity index (χ4n) is 7.30. The van der Waals surface area contributed by atoms with Crippen molar-refractivity contribution < 1.29 is 0 Å². The minimum atomic E-state index is 0.175. The molecule has 0 N–H and O–H groups in total. The van der Waals surface area contributed by atoms with Gasteiger partial charge in [0.15, 0.2) is 0 Å². The van der Waals surface area contributed by atoms with E-state index in [2.05, 4.69) is 48.5 Å². The molecule has 1 heterocycles. The van der Waals surface area contributed by atoms with E-state index in [1.807, 2.05) is 60.0 Å². The summed E-state index contributed by atoms with van der Waals surface area (Å²) in [4.78, 5) is 5.05. The van der Waals surface area contributed by atoms with Crippen LogP contribution in [0, 0.1) is 6.92 Å². The molecule has 0 aliphatic carbocycles. The highest BCUT2D eigenvalue weighted by Crippen LogP contribution is 2.43. The van der Waals surface area contributed by atoms with E-state index in [9.17, 15) is 0 Å². The minimum absolute atomic E-state index is 0.175. The van der Waals surface area contributed by atoms with Gasteiger partial charge in [0.2, 0.25) is 0 Å². The number of fused-ring (bicyclic) bond motifs is 3. The Bertz CT molecular complexity index is 2640. The summed E-state index contributed by atoms with van der Waals surface area (Å²) in [6.07, 6.45) is 0. The van der Waals surface area contributed by atoms with E-state index in [-0.39, 0.29) is 38.2 Å². The van der Waals surface area contributed by atoms with Crippen LogP contribution in [-0.4, -0.2) is 80.2 Å². The summed E-state index contributed by atoms with van der Waals surface area (Å²) in [5.74, 6) is 0.677. The fourth-order valence-corrected chi connectivity index (χ4v) is 7.30. The van der Waals surface area contributed by atoms with Crippen LogP contribution in [0.5, 0.6) is 0 Å². The van der Waals surface area contributed by atoms with Gasteiger partial charge in [-0.25, -0.2) is 4.98 Å². The molecule has 11 heteroatoms. The normalized spacial score (nSPS) is 11.5. The van der Waals surface area contributed by atoms with Gasteiger partial charge in [0.1, 0.15) is 76.4 Å². The maximum Gasteiger partial charge on any atom is 0.145 e. The number of nitrogens with zero attached hydrogens (tertiary/aromatic N) is 2. The lowest BCUT2D eigenvalue weighted by molar-refractivity contribution is 1.10. The molecule has 0 bridgehead atoms. The Balaban J connectivity index is 1.37. The molecule has 0 aliphatic rings. The Kier molecular flexibility index (Phi) is 8.09. The van der Waals surface area contributed by atoms with Gasteiger partial charge in [0, 0.05) is 11.3 Å². The Labute approximate surface area is 309 Å². The van der Waals surface area contributed by atoms with E-state index >= 15 is 0 Å². The SMILES string of the molecule is [B]c1c([B])c([B])c(-c2c3ccccc3c(-c3ccc(-c4nc5ccccc5n4-c4c([B])c([B])c([B])c([B])c4C)cc3)c3ccccc23)c([B])c1[B]. The van der Waals surface area contributed by atoms with Crippen molar-refractivity contribution in [2.45, 2.75) is 6.92 Å². The third kappa shape index (κ3) is 4.95. The number of aromatic nitrogens is 2. The zero-order valence-corrected chi connectivity index (χ0v) is 27.8. The third-order valence-corrected chi connectivity index (χ3v) is 9.98. The molecular weight excluding hydrogens is 606 g/mol. The second kappa shape index (κ2) is 12.4.